The lowest BCUT2D eigenvalue weighted by molar-refractivity contribution is -0.0241. The van der Waals surface area contributed by atoms with Gasteiger partial charge in [-0.15, -0.1) is 0 Å². The van der Waals surface area contributed by atoms with Gasteiger partial charge in [-0.3, -0.25) is 9.69 Å². The summed E-state index contributed by atoms with van der Waals surface area (Å²) in [5.41, 5.74) is 7.28. The number of aliphatic hydroxyl groups is 1. The van der Waals surface area contributed by atoms with Crippen LogP contribution in [-0.4, -0.2) is 59.7 Å². The molecule has 0 fully saturated rings. The van der Waals surface area contributed by atoms with Crippen LogP contribution in [0.1, 0.15) is 35.3 Å². The second kappa shape index (κ2) is 13.3. The van der Waals surface area contributed by atoms with Crippen molar-refractivity contribution < 1.29 is 14.6 Å². The van der Waals surface area contributed by atoms with Gasteiger partial charge in [0.25, 0.3) is 5.91 Å². The van der Waals surface area contributed by atoms with Crippen molar-refractivity contribution in [1.29, 1.82) is 0 Å². The molecule has 41 heavy (non-hydrogen) atoms. The molecule has 0 saturated carbocycles. The number of nitrogens with zero attached hydrogens (tertiary/aromatic N) is 2. The van der Waals surface area contributed by atoms with Gasteiger partial charge < -0.3 is 14.7 Å². The summed E-state index contributed by atoms with van der Waals surface area (Å²) in [7, 11) is 2.12. The van der Waals surface area contributed by atoms with E-state index in [1.54, 1.807) is 0 Å². The number of amides is 1. The molecular weight excluding hydrogens is 508 g/mol. The maximum Gasteiger partial charge on any atom is 0.254 e. The SMILES string of the molecule is C[C@@H]1CN([C@H](C)CO)C(=O)c2ccccc2-c2ccccc2CO[C@@H]1CN(C)Cc1ccc(-c2ccccc2)cc1. The van der Waals surface area contributed by atoms with E-state index in [9.17, 15) is 9.90 Å². The van der Waals surface area contributed by atoms with E-state index < -0.39 is 0 Å². The summed E-state index contributed by atoms with van der Waals surface area (Å²) < 4.78 is 6.67. The van der Waals surface area contributed by atoms with E-state index in [1.165, 1.54) is 16.7 Å². The number of carbonyl (C=O) groups excluding carboxylic acids is 1. The molecule has 5 heteroatoms. The summed E-state index contributed by atoms with van der Waals surface area (Å²) in [4.78, 5) is 18.1. The number of benzene rings is 4. The molecule has 0 spiro atoms. The van der Waals surface area contributed by atoms with E-state index in [-0.39, 0.29) is 30.6 Å². The summed E-state index contributed by atoms with van der Waals surface area (Å²) >= 11 is 0. The van der Waals surface area contributed by atoms with Gasteiger partial charge in [0.15, 0.2) is 0 Å². The van der Waals surface area contributed by atoms with Crippen LogP contribution in [-0.2, 0) is 17.9 Å². The van der Waals surface area contributed by atoms with Crippen LogP contribution in [0.3, 0.4) is 0 Å². The number of fused-ring (bicyclic) bond motifs is 3. The van der Waals surface area contributed by atoms with E-state index in [0.29, 0.717) is 25.3 Å². The van der Waals surface area contributed by atoms with Gasteiger partial charge in [-0.1, -0.05) is 104 Å². The molecule has 5 nitrogen and oxygen atoms in total. The van der Waals surface area contributed by atoms with Gasteiger partial charge in [0.2, 0.25) is 0 Å². The molecule has 1 N–H and O–H groups in total. The highest BCUT2D eigenvalue weighted by atomic mass is 16.5. The number of hydrogen-bond acceptors (Lipinski definition) is 4. The fourth-order valence-electron chi connectivity index (χ4n) is 5.67. The fourth-order valence-corrected chi connectivity index (χ4v) is 5.67. The van der Waals surface area contributed by atoms with Crippen LogP contribution < -0.4 is 0 Å². The van der Waals surface area contributed by atoms with E-state index in [1.807, 2.05) is 54.3 Å². The average Bonchev–Trinajstić information content (AvgIpc) is 3.03. The molecule has 1 aliphatic rings. The van der Waals surface area contributed by atoms with Gasteiger partial charge in [-0.2, -0.15) is 0 Å². The van der Waals surface area contributed by atoms with E-state index in [2.05, 4.69) is 79.5 Å². The molecule has 0 radical (unpaired) electrons. The van der Waals surface area contributed by atoms with E-state index in [0.717, 1.165) is 23.2 Å². The second-order valence-electron chi connectivity index (χ2n) is 11.3. The van der Waals surface area contributed by atoms with Crippen molar-refractivity contribution in [3.63, 3.8) is 0 Å². The first kappa shape index (κ1) is 28.7. The molecule has 0 saturated heterocycles. The van der Waals surface area contributed by atoms with Gasteiger partial charge in [0.05, 0.1) is 25.4 Å². The van der Waals surface area contributed by atoms with Crippen molar-refractivity contribution >= 4 is 5.91 Å². The normalized spacial score (nSPS) is 18.4. The number of carbonyl (C=O) groups is 1. The largest absolute Gasteiger partial charge is 0.394 e. The molecular formula is C36H40N2O3. The van der Waals surface area contributed by atoms with Gasteiger partial charge in [-0.25, -0.2) is 0 Å². The Balaban J connectivity index is 1.39. The summed E-state index contributed by atoms with van der Waals surface area (Å²) in [6, 6.07) is 34.8. The van der Waals surface area contributed by atoms with E-state index in [4.69, 9.17) is 4.74 Å². The molecule has 0 aliphatic carbocycles. The Labute approximate surface area is 244 Å². The zero-order valence-electron chi connectivity index (χ0n) is 24.2. The molecule has 1 aliphatic heterocycles. The van der Waals surface area contributed by atoms with Crippen LogP contribution in [0, 0.1) is 5.92 Å². The van der Waals surface area contributed by atoms with E-state index >= 15 is 0 Å². The Morgan fingerprint density at radius 3 is 2.17 bits per heavy atom. The van der Waals surface area contributed by atoms with Crippen LogP contribution >= 0.6 is 0 Å². The molecule has 3 atom stereocenters. The van der Waals surface area contributed by atoms with Crippen LogP contribution in [0.25, 0.3) is 22.3 Å². The number of likely N-dealkylation sites (N-methyl/N-ethyl adjacent to an activating group) is 1. The molecule has 1 heterocycles. The Hall–Kier alpha value is -3.77. The smallest absolute Gasteiger partial charge is 0.254 e. The van der Waals surface area contributed by atoms with Crippen molar-refractivity contribution in [2.24, 2.45) is 5.92 Å². The van der Waals surface area contributed by atoms with Crippen LogP contribution in [0.15, 0.2) is 103 Å². The standard InChI is InChI=1S/C36H40N2O3/c1-26-21-38(27(2)24-39)36(40)34-16-10-9-15-33(34)32-14-8-7-13-31(32)25-41-35(26)23-37(3)22-28-17-19-30(20-18-28)29-11-5-4-6-12-29/h4-20,26-27,35,39H,21-25H2,1-3H3/t26-,27-,35-/m1/s1. The third kappa shape index (κ3) is 6.76. The van der Waals surface area contributed by atoms with Crippen LogP contribution in [0.5, 0.6) is 0 Å². The van der Waals surface area contributed by atoms with Crippen molar-refractivity contribution in [3.8, 4) is 22.3 Å². The van der Waals surface area contributed by atoms with Gasteiger partial charge in [0.1, 0.15) is 0 Å². The summed E-state index contributed by atoms with van der Waals surface area (Å²) in [5.74, 6) is -0.00963. The molecule has 212 valence electrons. The third-order valence-corrected chi connectivity index (χ3v) is 8.10. The zero-order chi connectivity index (χ0) is 28.8. The molecule has 4 aromatic carbocycles. The van der Waals surface area contributed by atoms with Gasteiger partial charge >= 0.3 is 0 Å². The minimum absolute atomic E-state index is 0.0493. The molecule has 5 rings (SSSR count). The molecule has 1 amide bonds. The predicted molar refractivity (Wildman–Crippen MR) is 165 cm³/mol. The number of rotatable bonds is 7. The summed E-state index contributed by atoms with van der Waals surface area (Å²) in [6.07, 6.45) is -0.112. The van der Waals surface area contributed by atoms with Crippen molar-refractivity contribution in [1.82, 2.24) is 9.80 Å². The van der Waals surface area contributed by atoms with Crippen LogP contribution in [0.4, 0.5) is 0 Å². The topological polar surface area (TPSA) is 53.0 Å². The quantitative estimate of drug-likeness (QED) is 0.286. The molecule has 4 aromatic rings. The highest BCUT2D eigenvalue weighted by Crippen LogP contribution is 2.31. The Kier molecular flexibility index (Phi) is 9.30. The zero-order valence-corrected chi connectivity index (χ0v) is 24.2. The minimum atomic E-state index is -0.310. The number of aliphatic hydroxyl groups excluding tert-OH is 1. The molecule has 0 bridgehead atoms. The first-order valence-electron chi connectivity index (χ1n) is 14.5. The summed E-state index contributed by atoms with van der Waals surface area (Å²) in [6.45, 7) is 6.42. The minimum Gasteiger partial charge on any atom is -0.394 e. The first-order valence-corrected chi connectivity index (χ1v) is 14.5. The lowest BCUT2D eigenvalue weighted by Gasteiger charge is -2.35. The van der Waals surface area contributed by atoms with Crippen molar-refractivity contribution in [3.05, 3.63) is 120 Å². The fraction of sp³-hybridized carbons (Fsp3) is 0.306. The highest BCUT2D eigenvalue weighted by molar-refractivity contribution is 6.01. The Morgan fingerprint density at radius 2 is 1.46 bits per heavy atom. The average molecular weight is 549 g/mol. The van der Waals surface area contributed by atoms with Gasteiger partial charge in [-0.05, 0) is 53.4 Å². The monoisotopic (exact) mass is 548 g/mol. The number of hydrogen-bond donors (Lipinski definition) is 1. The summed E-state index contributed by atoms with van der Waals surface area (Å²) in [5, 5.41) is 10.1. The lowest BCUT2D eigenvalue weighted by Crippen LogP contribution is -2.47. The van der Waals surface area contributed by atoms with Crippen molar-refractivity contribution in [2.45, 2.75) is 39.1 Å². The first-order chi connectivity index (χ1) is 19.9. The van der Waals surface area contributed by atoms with Gasteiger partial charge in [0, 0.05) is 31.1 Å². The molecule has 0 unspecified atom stereocenters. The Bertz CT molecular complexity index is 1440. The van der Waals surface area contributed by atoms with Crippen molar-refractivity contribution in [2.75, 3.05) is 26.7 Å². The molecule has 0 aromatic heterocycles. The van der Waals surface area contributed by atoms with Crippen LogP contribution in [0.2, 0.25) is 0 Å². The maximum atomic E-state index is 14.0. The highest BCUT2D eigenvalue weighted by Gasteiger charge is 2.30. The Morgan fingerprint density at radius 1 is 0.854 bits per heavy atom. The number of ether oxygens (including phenoxy) is 1. The second-order valence-corrected chi connectivity index (χ2v) is 11.3. The maximum absolute atomic E-state index is 14.0. The lowest BCUT2D eigenvalue weighted by atomic mass is 9.94. The predicted octanol–water partition coefficient (Wildman–Crippen LogP) is 6.51. The third-order valence-electron chi connectivity index (χ3n) is 8.10.